The average Bonchev–Trinajstić information content (AvgIpc) is 2.82. The maximum absolute atomic E-state index is 13.5. The van der Waals surface area contributed by atoms with Crippen LogP contribution < -0.4 is 19.1 Å². The van der Waals surface area contributed by atoms with Crippen LogP contribution in [0.5, 0.6) is 11.5 Å². The predicted molar refractivity (Wildman–Crippen MR) is 132 cm³/mol. The Balaban J connectivity index is 2.35. The molecule has 0 saturated heterocycles. The zero-order valence-electron chi connectivity index (χ0n) is 20.3. The van der Waals surface area contributed by atoms with Crippen LogP contribution >= 0.6 is 0 Å². The van der Waals surface area contributed by atoms with Crippen molar-refractivity contribution >= 4 is 21.6 Å². The summed E-state index contributed by atoms with van der Waals surface area (Å²) in [6, 6.07) is 11.4. The van der Waals surface area contributed by atoms with Crippen LogP contribution in [0.2, 0.25) is 0 Å². The molecule has 2 rings (SSSR count). The average molecular weight is 477 g/mol. The Morgan fingerprint density at radius 2 is 1.70 bits per heavy atom. The highest BCUT2D eigenvalue weighted by Gasteiger charge is 2.28. The molecule has 0 aliphatic heterocycles. The van der Waals surface area contributed by atoms with Crippen molar-refractivity contribution in [3.8, 4) is 11.5 Å². The fourth-order valence-electron chi connectivity index (χ4n) is 3.52. The summed E-state index contributed by atoms with van der Waals surface area (Å²) < 4.78 is 38.8. The molecule has 33 heavy (non-hydrogen) atoms. The number of rotatable bonds is 13. The summed E-state index contributed by atoms with van der Waals surface area (Å²) in [4.78, 5) is 13.0. The normalized spacial score (nSPS) is 12.2. The van der Waals surface area contributed by atoms with E-state index in [0.717, 1.165) is 35.6 Å². The molecule has 2 aromatic rings. The molecule has 1 N–H and O–H groups in total. The summed E-state index contributed by atoms with van der Waals surface area (Å²) in [5.74, 6) is 0.873. The highest BCUT2D eigenvalue weighted by Crippen LogP contribution is 2.33. The van der Waals surface area contributed by atoms with Gasteiger partial charge in [-0.25, -0.2) is 8.42 Å². The quantitative estimate of drug-likeness (QED) is 0.459. The monoisotopic (exact) mass is 476 g/mol. The largest absolute Gasteiger partial charge is 0.493 e. The van der Waals surface area contributed by atoms with E-state index < -0.39 is 10.0 Å². The number of ether oxygens (including phenoxy) is 2. The Morgan fingerprint density at radius 1 is 1.03 bits per heavy atom. The van der Waals surface area contributed by atoms with Crippen LogP contribution in [-0.4, -0.2) is 41.6 Å². The molecule has 0 unspecified atom stereocenters. The second-order valence-electron chi connectivity index (χ2n) is 8.08. The number of unbranched alkanes of at least 4 members (excludes halogenated alkanes) is 1. The predicted octanol–water partition coefficient (Wildman–Crippen LogP) is 4.54. The molecule has 0 aliphatic carbocycles. The smallest absolute Gasteiger partial charge is 0.264 e. The van der Waals surface area contributed by atoms with Gasteiger partial charge in [-0.1, -0.05) is 50.8 Å². The number of nitrogens with one attached hydrogen (secondary N) is 1. The summed E-state index contributed by atoms with van der Waals surface area (Å²) in [5.41, 5.74) is 1.27. The number of hydrogen-bond donors (Lipinski definition) is 1. The van der Waals surface area contributed by atoms with Gasteiger partial charge in [0.25, 0.3) is 10.0 Å². The van der Waals surface area contributed by atoms with Gasteiger partial charge >= 0.3 is 0 Å². The Hall–Kier alpha value is -2.74. The summed E-state index contributed by atoms with van der Waals surface area (Å²) in [6.45, 7) is 6.32. The van der Waals surface area contributed by atoms with Gasteiger partial charge in [0.1, 0.15) is 6.54 Å². The molecule has 2 aromatic carbocycles. The fourth-order valence-corrected chi connectivity index (χ4v) is 4.93. The van der Waals surface area contributed by atoms with Crippen molar-refractivity contribution in [2.75, 3.05) is 31.6 Å². The van der Waals surface area contributed by atoms with E-state index in [1.807, 2.05) is 6.92 Å². The van der Waals surface area contributed by atoms with Gasteiger partial charge in [-0.05, 0) is 43.5 Å². The van der Waals surface area contributed by atoms with E-state index in [1.165, 1.54) is 14.2 Å². The minimum atomic E-state index is -3.99. The van der Waals surface area contributed by atoms with Gasteiger partial charge in [0, 0.05) is 12.6 Å². The Kier molecular flexibility index (Phi) is 10.0. The molecule has 0 heterocycles. The third kappa shape index (κ3) is 7.12. The van der Waals surface area contributed by atoms with Crippen LogP contribution in [0.25, 0.3) is 0 Å². The zero-order chi connectivity index (χ0) is 24.4. The number of methoxy groups -OCH3 is 2. The second-order valence-corrected chi connectivity index (χ2v) is 9.95. The maximum Gasteiger partial charge on any atom is 0.264 e. The van der Waals surface area contributed by atoms with Crippen molar-refractivity contribution in [2.45, 2.75) is 51.3 Å². The summed E-state index contributed by atoms with van der Waals surface area (Å²) >= 11 is 0. The first-order valence-electron chi connectivity index (χ1n) is 11.3. The number of carbonyl (C=O) groups is 1. The number of nitrogens with zero attached hydrogens (tertiary/aromatic N) is 1. The van der Waals surface area contributed by atoms with Crippen molar-refractivity contribution in [3.05, 3.63) is 48.0 Å². The highest BCUT2D eigenvalue weighted by molar-refractivity contribution is 7.92. The fraction of sp³-hybridized carbons (Fsp3) is 0.480. The summed E-state index contributed by atoms with van der Waals surface area (Å²) in [6.07, 6.45) is 4.20. The molecule has 0 spiro atoms. The number of amides is 1. The van der Waals surface area contributed by atoms with Crippen LogP contribution in [-0.2, 0) is 14.8 Å². The lowest BCUT2D eigenvalue weighted by Gasteiger charge is -2.25. The van der Waals surface area contributed by atoms with Gasteiger partial charge in [-0.3, -0.25) is 9.10 Å². The van der Waals surface area contributed by atoms with E-state index in [1.54, 1.807) is 42.5 Å². The van der Waals surface area contributed by atoms with Crippen LogP contribution in [0.4, 0.5) is 5.69 Å². The number of hydrogen-bond acceptors (Lipinski definition) is 5. The molecule has 7 nitrogen and oxygen atoms in total. The topological polar surface area (TPSA) is 84.9 Å². The van der Waals surface area contributed by atoms with E-state index in [4.69, 9.17) is 9.47 Å². The number of benzene rings is 2. The number of sulfonamides is 1. The first-order valence-corrected chi connectivity index (χ1v) is 12.8. The number of anilines is 1. The molecule has 0 bridgehead atoms. The molecule has 8 heteroatoms. The van der Waals surface area contributed by atoms with E-state index in [2.05, 4.69) is 19.2 Å². The van der Waals surface area contributed by atoms with Crippen LogP contribution in [0.1, 0.15) is 45.1 Å². The van der Waals surface area contributed by atoms with Gasteiger partial charge in [-0.2, -0.15) is 0 Å². The molecule has 1 amide bonds. The van der Waals surface area contributed by atoms with E-state index in [-0.39, 0.29) is 17.3 Å². The number of carbonyl (C=O) groups excluding carboxylic acids is 1. The Bertz CT molecular complexity index is 1010. The van der Waals surface area contributed by atoms with E-state index in [0.29, 0.717) is 29.6 Å². The van der Waals surface area contributed by atoms with Gasteiger partial charge in [-0.15, -0.1) is 0 Å². The van der Waals surface area contributed by atoms with Crippen LogP contribution in [0.3, 0.4) is 0 Å². The molecule has 1 atom stereocenters. The molecule has 0 aromatic heterocycles. The van der Waals surface area contributed by atoms with Crippen molar-refractivity contribution in [2.24, 2.45) is 5.92 Å². The van der Waals surface area contributed by atoms with Gasteiger partial charge in [0.15, 0.2) is 11.5 Å². The molecule has 0 aliphatic rings. The third-order valence-corrected chi connectivity index (χ3v) is 7.47. The van der Waals surface area contributed by atoms with Gasteiger partial charge in [0.2, 0.25) is 5.91 Å². The lowest BCUT2D eigenvalue weighted by atomic mass is 9.99. The van der Waals surface area contributed by atoms with Crippen molar-refractivity contribution < 1.29 is 22.7 Å². The minimum Gasteiger partial charge on any atom is -0.493 e. The maximum atomic E-state index is 13.5. The van der Waals surface area contributed by atoms with Gasteiger partial charge < -0.3 is 14.8 Å². The second kappa shape index (κ2) is 12.5. The van der Waals surface area contributed by atoms with Gasteiger partial charge in [0.05, 0.1) is 24.8 Å². The Morgan fingerprint density at radius 3 is 2.27 bits per heavy atom. The third-order valence-electron chi connectivity index (χ3n) is 5.68. The SMILES string of the molecule is CCCC[C@@H](CC)CNC(=O)CN(c1ccc(OC)c(OC)c1)S(=O)(=O)c1ccc(C)cc1. The molecule has 0 saturated carbocycles. The molecular formula is C25H36N2O5S. The van der Waals surface area contributed by atoms with Crippen LogP contribution in [0, 0.1) is 12.8 Å². The van der Waals surface area contributed by atoms with Crippen molar-refractivity contribution in [1.82, 2.24) is 5.32 Å². The summed E-state index contributed by atoms with van der Waals surface area (Å²) in [7, 11) is -1.00. The first kappa shape index (κ1) is 26.5. The number of aryl methyl sites for hydroxylation is 1. The molecule has 0 fully saturated rings. The van der Waals surface area contributed by atoms with Crippen LogP contribution in [0.15, 0.2) is 47.4 Å². The molecule has 0 radical (unpaired) electrons. The van der Waals surface area contributed by atoms with E-state index >= 15 is 0 Å². The Labute approximate surface area is 198 Å². The van der Waals surface area contributed by atoms with Crippen molar-refractivity contribution in [3.63, 3.8) is 0 Å². The van der Waals surface area contributed by atoms with E-state index in [9.17, 15) is 13.2 Å². The van der Waals surface area contributed by atoms with Crippen molar-refractivity contribution in [1.29, 1.82) is 0 Å². The lowest BCUT2D eigenvalue weighted by Crippen LogP contribution is -2.42. The highest BCUT2D eigenvalue weighted by atomic mass is 32.2. The zero-order valence-corrected chi connectivity index (χ0v) is 21.1. The first-order chi connectivity index (χ1) is 15.8. The summed E-state index contributed by atoms with van der Waals surface area (Å²) in [5, 5.41) is 2.93. The molecular weight excluding hydrogens is 440 g/mol. The standard InChI is InChI=1S/C25H36N2O5S/c1-6-8-9-20(7-2)17-26-25(28)18-27(21-12-15-23(31-4)24(16-21)32-5)33(29,30)22-13-10-19(3)11-14-22/h10-16,20H,6-9,17-18H2,1-5H3,(H,26,28)/t20-/m1/s1. The molecule has 182 valence electrons. The minimum absolute atomic E-state index is 0.116. The lowest BCUT2D eigenvalue weighted by molar-refractivity contribution is -0.119.